The van der Waals surface area contributed by atoms with E-state index in [0.717, 1.165) is 5.56 Å². The van der Waals surface area contributed by atoms with E-state index in [-0.39, 0.29) is 23.0 Å². The summed E-state index contributed by atoms with van der Waals surface area (Å²) < 4.78 is 31.3. The van der Waals surface area contributed by atoms with Crippen LogP contribution in [-0.2, 0) is 19.4 Å². The van der Waals surface area contributed by atoms with Crippen molar-refractivity contribution in [2.75, 3.05) is 12.4 Å². The van der Waals surface area contributed by atoms with Gasteiger partial charge >= 0.3 is 5.97 Å². The van der Waals surface area contributed by atoms with Crippen LogP contribution in [0.25, 0.3) is 11.1 Å². The van der Waals surface area contributed by atoms with E-state index < -0.39 is 15.3 Å². The largest absolute Gasteiger partial charge is 0.466 e. The molecule has 1 saturated carbocycles. The molecule has 0 saturated heterocycles. The van der Waals surface area contributed by atoms with E-state index in [4.69, 9.17) is 10.00 Å². The Balaban J connectivity index is 1.89. The minimum Gasteiger partial charge on any atom is -0.466 e. The first kappa shape index (κ1) is 19.1. The normalized spacial score (nSPS) is 15.0. The first-order valence-electron chi connectivity index (χ1n) is 8.87. The number of rotatable bonds is 7. The third-order valence-corrected chi connectivity index (χ3v) is 6.84. The highest BCUT2D eigenvalue weighted by Crippen LogP contribution is 2.51. The Hall–Kier alpha value is -2.65. The molecule has 3 rings (SSSR count). The quantitative estimate of drug-likeness (QED) is 0.680. The van der Waals surface area contributed by atoms with Gasteiger partial charge in [-0.3, -0.25) is 4.79 Å². The minimum atomic E-state index is -3.58. The summed E-state index contributed by atoms with van der Waals surface area (Å²) in [6.07, 6.45) is 1.56. The Kier molecular flexibility index (Phi) is 5.33. The third kappa shape index (κ3) is 4.37. The molecule has 6 heteroatoms. The van der Waals surface area contributed by atoms with E-state index in [1.807, 2.05) is 0 Å². The second-order valence-electron chi connectivity index (χ2n) is 6.93. The average Bonchev–Trinajstić information content (AvgIpc) is 3.40. The van der Waals surface area contributed by atoms with Gasteiger partial charge in [0.2, 0.25) is 0 Å². The van der Waals surface area contributed by atoms with Crippen LogP contribution in [0.4, 0.5) is 0 Å². The number of sulfone groups is 1. The summed E-state index contributed by atoms with van der Waals surface area (Å²) >= 11 is 0. The summed E-state index contributed by atoms with van der Waals surface area (Å²) in [5.41, 5.74) is 1.35. The smallest absolute Gasteiger partial charge is 0.306 e. The van der Waals surface area contributed by atoms with E-state index >= 15 is 0 Å². The van der Waals surface area contributed by atoms with Gasteiger partial charge in [0.05, 0.1) is 35.3 Å². The second-order valence-corrected chi connectivity index (χ2v) is 8.88. The van der Waals surface area contributed by atoms with Crippen LogP contribution >= 0.6 is 0 Å². The zero-order valence-corrected chi connectivity index (χ0v) is 16.0. The van der Waals surface area contributed by atoms with E-state index in [0.29, 0.717) is 30.6 Å². The van der Waals surface area contributed by atoms with Crippen LogP contribution in [0.15, 0.2) is 53.4 Å². The summed E-state index contributed by atoms with van der Waals surface area (Å²) in [4.78, 5) is 12.1. The standard InChI is InChI=1S/C21H21NO4S/c1-2-26-20(23)13-21(11-12-21)15-27(24,25)19-6-4-3-5-18(19)17-9-7-16(14-22)8-10-17/h3-10H,2,11-13,15H2,1H3. The van der Waals surface area contributed by atoms with Crippen molar-refractivity contribution < 1.29 is 17.9 Å². The monoisotopic (exact) mass is 383 g/mol. The van der Waals surface area contributed by atoms with Gasteiger partial charge in [0.15, 0.2) is 9.84 Å². The fourth-order valence-electron chi connectivity index (χ4n) is 3.25. The number of ether oxygens (including phenoxy) is 1. The second kappa shape index (κ2) is 7.53. The maximum Gasteiger partial charge on any atom is 0.306 e. The number of nitriles is 1. The van der Waals surface area contributed by atoms with Gasteiger partial charge < -0.3 is 4.74 Å². The molecule has 0 aromatic heterocycles. The SMILES string of the molecule is CCOC(=O)CC1(CS(=O)(=O)c2ccccc2-c2ccc(C#N)cc2)CC1. The van der Waals surface area contributed by atoms with Crippen molar-refractivity contribution in [1.29, 1.82) is 5.26 Å². The van der Waals surface area contributed by atoms with E-state index in [9.17, 15) is 13.2 Å². The van der Waals surface area contributed by atoms with Gasteiger partial charge in [-0.25, -0.2) is 8.42 Å². The molecule has 0 radical (unpaired) electrons. The van der Waals surface area contributed by atoms with Gasteiger partial charge in [-0.05, 0) is 48.9 Å². The Labute approximate surface area is 159 Å². The van der Waals surface area contributed by atoms with Crippen LogP contribution < -0.4 is 0 Å². The molecule has 0 unspecified atom stereocenters. The topological polar surface area (TPSA) is 84.2 Å². The Morgan fingerprint density at radius 1 is 1.15 bits per heavy atom. The number of hydrogen-bond donors (Lipinski definition) is 0. The lowest BCUT2D eigenvalue weighted by Gasteiger charge is -2.16. The van der Waals surface area contributed by atoms with Gasteiger partial charge in [-0.15, -0.1) is 0 Å². The maximum absolute atomic E-state index is 13.1. The number of benzene rings is 2. The van der Waals surface area contributed by atoms with Gasteiger partial charge in [-0.1, -0.05) is 30.3 Å². The van der Waals surface area contributed by atoms with Gasteiger partial charge in [0.1, 0.15) is 0 Å². The van der Waals surface area contributed by atoms with Gasteiger partial charge in [0.25, 0.3) is 0 Å². The van der Waals surface area contributed by atoms with Crippen molar-refractivity contribution >= 4 is 15.8 Å². The molecular formula is C21H21NO4S. The molecule has 140 valence electrons. The van der Waals surface area contributed by atoms with Crippen molar-refractivity contribution in [3.8, 4) is 17.2 Å². The number of carbonyl (C=O) groups excluding carboxylic acids is 1. The maximum atomic E-state index is 13.1. The van der Waals surface area contributed by atoms with Crippen molar-refractivity contribution in [2.24, 2.45) is 5.41 Å². The van der Waals surface area contributed by atoms with Crippen LogP contribution in [0.5, 0.6) is 0 Å². The highest BCUT2D eigenvalue weighted by atomic mass is 32.2. The molecule has 2 aromatic carbocycles. The fourth-order valence-corrected chi connectivity index (χ4v) is 5.41. The Bertz CT molecular complexity index is 984. The number of hydrogen-bond acceptors (Lipinski definition) is 5. The van der Waals surface area contributed by atoms with Crippen LogP contribution in [0.3, 0.4) is 0 Å². The molecule has 0 bridgehead atoms. The first-order chi connectivity index (χ1) is 12.9. The van der Waals surface area contributed by atoms with Crippen molar-refractivity contribution in [3.63, 3.8) is 0 Å². The molecule has 0 N–H and O–H groups in total. The van der Waals surface area contributed by atoms with E-state index in [1.165, 1.54) is 0 Å². The Morgan fingerprint density at radius 2 is 1.81 bits per heavy atom. The third-order valence-electron chi connectivity index (χ3n) is 4.83. The average molecular weight is 383 g/mol. The molecule has 0 aliphatic heterocycles. The molecular weight excluding hydrogens is 362 g/mol. The number of nitrogens with zero attached hydrogens (tertiary/aromatic N) is 1. The molecule has 5 nitrogen and oxygen atoms in total. The van der Waals surface area contributed by atoms with Crippen LogP contribution in [-0.4, -0.2) is 26.7 Å². The van der Waals surface area contributed by atoms with Crippen molar-refractivity contribution in [1.82, 2.24) is 0 Å². The van der Waals surface area contributed by atoms with Crippen LogP contribution in [0, 0.1) is 16.7 Å². The molecule has 27 heavy (non-hydrogen) atoms. The number of carbonyl (C=O) groups is 1. The summed E-state index contributed by atoms with van der Waals surface area (Å²) in [7, 11) is -3.58. The van der Waals surface area contributed by atoms with Crippen molar-refractivity contribution in [3.05, 3.63) is 54.1 Å². The Morgan fingerprint density at radius 3 is 2.41 bits per heavy atom. The highest BCUT2D eigenvalue weighted by Gasteiger charge is 2.48. The molecule has 2 aromatic rings. The molecule has 1 aliphatic rings. The fraction of sp³-hybridized carbons (Fsp3) is 0.333. The molecule has 0 spiro atoms. The zero-order chi connectivity index (χ0) is 19.5. The van der Waals surface area contributed by atoms with Crippen LogP contribution in [0.2, 0.25) is 0 Å². The van der Waals surface area contributed by atoms with Crippen molar-refractivity contribution in [2.45, 2.75) is 31.1 Å². The van der Waals surface area contributed by atoms with Gasteiger partial charge in [0, 0.05) is 5.56 Å². The number of esters is 1. The minimum absolute atomic E-state index is 0.0634. The molecule has 1 aliphatic carbocycles. The summed E-state index contributed by atoms with van der Waals surface area (Å²) in [6.45, 7) is 2.03. The van der Waals surface area contributed by atoms with E-state index in [2.05, 4.69) is 6.07 Å². The lowest BCUT2D eigenvalue weighted by Crippen LogP contribution is -2.22. The highest BCUT2D eigenvalue weighted by molar-refractivity contribution is 7.91. The van der Waals surface area contributed by atoms with Crippen LogP contribution in [0.1, 0.15) is 31.7 Å². The van der Waals surface area contributed by atoms with Gasteiger partial charge in [-0.2, -0.15) is 5.26 Å². The lowest BCUT2D eigenvalue weighted by molar-refractivity contribution is -0.144. The predicted octanol–water partition coefficient (Wildman–Crippen LogP) is 3.73. The predicted molar refractivity (Wildman–Crippen MR) is 102 cm³/mol. The molecule has 1 fully saturated rings. The zero-order valence-electron chi connectivity index (χ0n) is 15.1. The summed E-state index contributed by atoms with van der Waals surface area (Å²) in [5, 5.41) is 8.94. The molecule has 0 amide bonds. The molecule has 0 heterocycles. The summed E-state index contributed by atoms with van der Waals surface area (Å²) in [6, 6.07) is 15.7. The summed E-state index contributed by atoms with van der Waals surface area (Å²) in [5.74, 6) is -0.405. The van der Waals surface area contributed by atoms with E-state index in [1.54, 1.807) is 55.5 Å². The molecule has 0 atom stereocenters. The first-order valence-corrected chi connectivity index (χ1v) is 10.5. The lowest BCUT2D eigenvalue weighted by atomic mass is 10.0.